The molecule has 2 aromatic rings. The molecule has 18 heavy (non-hydrogen) atoms. The number of hydrogen-bond donors (Lipinski definition) is 1. The lowest BCUT2D eigenvalue weighted by Crippen LogP contribution is -2.04. The third-order valence-corrected chi connectivity index (χ3v) is 5.69. The molecular weight excluding hydrogens is 266 g/mol. The molecule has 3 aliphatic rings. The first-order valence-corrected chi connectivity index (χ1v) is 7.37. The molecule has 2 atom stereocenters. The molecule has 88 valence electrons. The number of rotatable bonds is 0. The Bertz CT molecular complexity index is 768. The van der Waals surface area contributed by atoms with Crippen LogP contribution >= 0.6 is 22.7 Å². The minimum absolute atomic E-state index is 0.0744. The number of allylic oxidation sites excluding steroid dienone is 1. The van der Waals surface area contributed by atoms with Crippen LogP contribution in [0.2, 0.25) is 0 Å². The van der Waals surface area contributed by atoms with Crippen LogP contribution in [-0.2, 0) is 4.74 Å². The van der Waals surface area contributed by atoms with Crippen LogP contribution in [0.3, 0.4) is 0 Å². The van der Waals surface area contributed by atoms with E-state index in [1.54, 1.807) is 11.3 Å². The molecule has 0 saturated carbocycles. The van der Waals surface area contributed by atoms with Crippen LogP contribution in [0.1, 0.15) is 31.8 Å². The largest absolute Gasteiger partial charge is 0.391 e. The Morgan fingerprint density at radius 1 is 1.28 bits per heavy atom. The average molecular weight is 273 g/mol. The van der Waals surface area contributed by atoms with E-state index in [9.17, 15) is 4.79 Å². The van der Waals surface area contributed by atoms with Crippen LogP contribution in [0.4, 0.5) is 5.00 Å². The molecule has 1 aliphatic heterocycles. The third kappa shape index (κ3) is 0.901. The number of carbonyl (C=O) groups is 1. The highest BCUT2D eigenvalue weighted by Crippen LogP contribution is 2.61. The first-order valence-electron chi connectivity index (χ1n) is 5.67. The summed E-state index contributed by atoms with van der Waals surface area (Å²) < 4.78 is 5.75. The van der Waals surface area contributed by atoms with Gasteiger partial charge in [-0.15, -0.1) is 22.7 Å². The SMILES string of the molecule is Nc1cc2c(s1)C1=C(c3sccc3C1=O)C1OC21. The molecule has 1 saturated heterocycles. The molecule has 0 amide bonds. The maximum Gasteiger partial charge on any atom is 0.196 e. The number of epoxide rings is 1. The lowest BCUT2D eigenvalue weighted by Gasteiger charge is -2.09. The molecule has 2 aromatic heterocycles. The van der Waals surface area contributed by atoms with E-state index in [0.717, 1.165) is 37.0 Å². The van der Waals surface area contributed by atoms with Crippen LogP contribution < -0.4 is 5.73 Å². The Labute approximate surface area is 111 Å². The zero-order valence-electron chi connectivity index (χ0n) is 9.10. The number of anilines is 1. The van der Waals surface area contributed by atoms with Gasteiger partial charge in [0.2, 0.25) is 0 Å². The highest BCUT2D eigenvalue weighted by atomic mass is 32.1. The van der Waals surface area contributed by atoms with E-state index in [4.69, 9.17) is 10.5 Å². The summed E-state index contributed by atoms with van der Waals surface area (Å²) >= 11 is 3.13. The van der Waals surface area contributed by atoms with Crippen molar-refractivity contribution in [1.82, 2.24) is 0 Å². The van der Waals surface area contributed by atoms with Gasteiger partial charge in [0.15, 0.2) is 5.78 Å². The van der Waals surface area contributed by atoms with Crippen molar-refractivity contribution in [1.29, 1.82) is 0 Å². The van der Waals surface area contributed by atoms with Crippen molar-refractivity contribution >= 4 is 44.6 Å². The van der Waals surface area contributed by atoms with E-state index in [2.05, 4.69) is 0 Å². The smallest absolute Gasteiger partial charge is 0.196 e. The Hall–Kier alpha value is -1.43. The predicted octanol–water partition coefficient (Wildman–Crippen LogP) is 2.95. The number of thiophene rings is 2. The van der Waals surface area contributed by atoms with Gasteiger partial charge in [-0.1, -0.05) is 0 Å². The van der Waals surface area contributed by atoms with Gasteiger partial charge in [0, 0.05) is 32.0 Å². The number of fused-ring (bicyclic) bond motifs is 7. The van der Waals surface area contributed by atoms with Crippen LogP contribution in [0.5, 0.6) is 0 Å². The summed E-state index contributed by atoms with van der Waals surface area (Å²) in [6.07, 6.45) is 0.193. The van der Waals surface area contributed by atoms with Gasteiger partial charge in [-0.3, -0.25) is 4.79 Å². The highest BCUT2D eigenvalue weighted by Gasteiger charge is 2.54. The monoisotopic (exact) mass is 273 g/mol. The van der Waals surface area contributed by atoms with Gasteiger partial charge in [0.05, 0.1) is 5.00 Å². The van der Waals surface area contributed by atoms with E-state index in [0.29, 0.717) is 0 Å². The average Bonchev–Trinajstić information content (AvgIpc) is 2.71. The Morgan fingerprint density at radius 2 is 2.17 bits per heavy atom. The lowest BCUT2D eigenvalue weighted by atomic mass is 9.93. The number of nitrogen functional groups attached to an aromatic ring is 1. The van der Waals surface area contributed by atoms with Gasteiger partial charge in [-0.25, -0.2) is 0 Å². The maximum absolute atomic E-state index is 12.5. The number of Topliss-reactive ketones (excluding diaryl/α,β-unsaturated/α-hetero) is 1. The molecule has 3 heterocycles. The van der Waals surface area contributed by atoms with Crippen molar-refractivity contribution in [2.75, 3.05) is 5.73 Å². The van der Waals surface area contributed by atoms with Crippen molar-refractivity contribution in [2.24, 2.45) is 0 Å². The molecule has 0 aromatic carbocycles. The normalized spacial score (nSPS) is 26.8. The quantitative estimate of drug-likeness (QED) is 0.751. The highest BCUT2D eigenvalue weighted by molar-refractivity contribution is 7.18. The van der Waals surface area contributed by atoms with E-state index >= 15 is 0 Å². The lowest BCUT2D eigenvalue weighted by molar-refractivity contribution is 0.105. The Kier molecular flexibility index (Phi) is 1.46. The molecule has 5 rings (SSSR count). The fourth-order valence-electron chi connectivity index (χ4n) is 2.96. The van der Waals surface area contributed by atoms with Crippen LogP contribution in [0.25, 0.3) is 11.1 Å². The topological polar surface area (TPSA) is 55.6 Å². The molecule has 0 radical (unpaired) electrons. The van der Waals surface area contributed by atoms with E-state index in [1.807, 2.05) is 17.5 Å². The number of hydrogen-bond acceptors (Lipinski definition) is 5. The number of carbonyl (C=O) groups excluding carboxylic acids is 1. The van der Waals surface area contributed by atoms with Crippen molar-refractivity contribution in [3.63, 3.8) is 0 Å². The first kappa shape index (κ1) is 9.49. The van der Waals surface area contributed by atoms with Crippen molar-refractivity contribution in [3.8, 4) is 0 Å². The zero-order chi connectivity index (χ0) is 12.0. The summed E-state index contributed by atoms with van der Waals surface area (Å²) in [6, 6.07) is 3.86. The summed E-state index contributed by atoms with van der Waals surface area (Å²) in [5.74, 6) is 0.137. The summed E-state index contributed by atoms with van der Waals surface area (Å²) in [7, 11) is 0. The number of nitrogens with two attached hydrogens (primary N) is 1. The minimum Gasteiger partial charge on any atom is -0.391 e. The standard InChI is InChI=1S/C13H7NO2S2/c14-6-3-5-10-11(16-10)8-7(13(5)18-6)9(15)4-1-2-17-12(4)8/h1-3,10-11H,14H2. The van der Waals surface area contributed by atoms with Crippen LogP contribution in [0, 0.1) is 0 Å². The van der Waals surface area contributed by atoms with Gasteiger partial charge < -0.3 is 10.5 Å². The van der Waals surface area contributed by atoms with Crippen molar-refractivity contribution in [3.05, 3.63) is 38.4 Å². The molecule has 2 unspecified atom stereocenters. The molecule has 1 fully saturated rings. The van der Waals surface area contributed by atoms with E-state index in [-0.39, 0.29) is 18.0 Å². The van der Waals surface area contributed by atoms with E-state index < -0.39 is 0 Å². The van der Waals surface area contributed by atoms with Crippen molar-refractivity contribution < 1.29 is 9.53 Å². The van der Waals surface area contributed by atoms with Gasteiger partial charge in [0.25, 0.3) is 0 Å². The number of ketones is 1. The molecule has 5 heteroatoms. The molecular formula is C13H7NO2S2. The van der Waals surface area contributed by atoms with Gasteiger partial charge in [-0.2, -0.15) is 0 Å². The summed E-state index contributed by atoms with van der Waals surface area (Å²) in [6.45, 7) is 0. The van der Waals surface area contributed by atoms with Gasteiger partial charge >= 0.3 is 0 Å². The van der Waals surface area contributed by atoms with Gasteiger partial charge in [-0.05, 0) is 17.5 Å². The van der Waals surface area contributed by atoms with Crippen molar-refractivity contribution in [2.45, 2.75) is 12.2 Å². The summed E-state index contributed by atoms with van der Waals surface area (Å²) in [5.41, 5.74) is 9.75. The minimum atomic E-state index is 0.0744. The predicted molar refractivity (Wildman–Crippen MR) is 71.8 cm³/mol. The fourth-order valence-corrected chi connectivity index (χ4v) is 4.96. The fraction of sp³-hybridized carbons (Fsp3) is 0.154. The second kappa shape index (κ2) is 2.77. The number of ether oxygens (including phenoxy) is 1. The van der Waals surface area contributed by atoms with Crippen LogP contribution in [0.15, 0.2) is 17.5 Å². The van der Waals surface area contributed by atoms with Crippen LogP contribution in [-0.4, -0.2) is 11.9 Å². The summed E-state index contributed by atoms with van der Waals surface area (Å²) in [4.78, 5) is 14.6. The maximum atomic E-state index is 12.5. The molecule has 0 bridgehead atoms. The second-order valence-corrected chi connectivity index (χ2v) is 6.69. The van der Waals surface area contributed by atoms with E-state index in [1.165, 1.54) is 11.3 Å². The molecule has 2 N–H and O–H groups in total. The van der Waals surface area contributed by atoms with Gasteiger partial charge in [0.1, 0.15) is 12.2 Å². The Balaban J connectivity index is 1.89. The third-order valence-electron chi connectivity index (χ3n) is 3.74. The summed E-state index contributed by atoms with van der Waals surface area (Å²) in [5, 5.41) is 2.73. The molecule has 3 nitrogen and oxygen atoms in total. The Morgan fingerprint density at radius 3 is 3.06 bits per heavy atom. The zero-order valence-corrected chi connectivity index (χ0v) is 10.7. The molecule has 2 aliphatic carbocycles. The second-order valence-electron chi connectivity index (χ2n) is 4.69. The first-order chi connectivity index (χ1) is 8.75. The molecule has 0 spiro atoms.